The summed E-state index contributed by atoms with van der Waals surface area (Å²) in [6.07, 6.45) is 1.64. The smallest absolute Gasteiger partial charge is 0.191 e. The van der Waals surface area contributed by atoms with Gasteiger partial charge in [-0.1, -0.05) is 31.2 Å². The Morgan fingerprint density at radius 1 is 1.31 bits per heavy atom. The summed E-state index contributed by atoms with van der Waals surface area (Å²) in [4.78, 5) is 14.9. The Hall–Kier alpha value is -1.90. The van der Waals surface area contributed by atoms with Gasteiger partial charge in [0.05, 0.1) is 0 Å². The molecule has 0 aliphatic heterocycles. The summed E-state index contributed by atoms with van der Waals surface area (Å²) in [5, 5.41) is 0. The maximum Gasteiger partial charge on any atom is 0.191 e. The quantitative estimate of drug-likeness (QED) is 0.739. The lowest BCUT2D eigenvalue weighted by Crippen LogP contribution is -1.85. The lowest BCUT2D eigenvalue weighted by Gasteiger charge is -1.98. The number of carbonyl (C=O) groups is 1. The molecular weight excluding hydrogens is 202 g/mol. The van der Waals surface area contributed by atoms with Gasteiger partial charge in [0.1, 0.15) is 17.7 Å². The number of benzene rings is 1. The molecule has 0 fully saturated rings. The van der Waals surface area contributed by atoms with Crippen LogP contribution >= 0.6 is 0 Å². The Bertz CT molecular complexity index is 497. The summed E-state index contributed by atoms with van der Waals surface area (Å²) >= 11 is 0. The molecule has 0 atom stereocenters. The van der Waals surface area contributed by atoms with E-state index >= 15 is 0 Å². The third-order valence-electron chi connectivity index (χ3n) is 2.45. The van der Waals surface area contributed by atoms with Crippen molar-refractivity contribution in [3.63, 3.8) is 0 Å². The molecule has 0 spiro atoms. The van der Waals surface area contributed by atoms with Crippen molar-refractivity contribution in [1.29, 1.82) is 0 Å². The Morgan fingerprint density at radius 3 is 2.56 bits per heavy atom. The molecule has 1 heterocycles. The van der Waals surface area contributed by atoms with Gasteiger partial charge in [0, 0.05) is 24.5 Å². The number of carbonyl (C=O) groups excluding carboxylic acids is 1. The van der Waals surface area contributed by atoms with Crippen LogP contribution < -0.4 is 0 Å². The van der Waals surface area contributed by atoms with Crippen LogP contribution in [0, 0.1) is 6.92 Å². The minimum Gasteiger partial charge on any atom is -0.445 e. The van der Waals surface area contributed by atoms with Gasteiger partial charge in [0.25, 0.3) is 0 Å². The van der Waals surface area contributed by atoms with Gasteiger partial charge in [0.2, 0.25) is 0 Å². The molecule has 0 saturated heterocycles. The molecule has 0 N–H and O–H groups in total. The fraction of sp³-hybridized carbons (Fsp3) is 0.231. The van der Waals surface area contributed by atoms with Gasteiger partial charge in [-0.25, -0.2) is 4.98 Å². The number of hydrogen-bond donors (Lipinski definition) is 0. The van der Waals surface area contributed by atoms with Gasteiger partial charge in [0.15, 0.2) is 5.89 Å². The second-order valence-corrected chi connectivity index (χ2v) is 3.60. The molecule has 0 aliphatic rings. The minimum atomic E-state index is 0.669. The molecule has 2 rings (SSSR count). The molecule has 0 amide bonds. The number of nitrogens with zero attached hydrogens (tertiary/aromatic N) is 1. The number of hydrogen-bond acceptors (Lipinski definition) is 3. The van der Waals surface area contributed by atoms with Gasteiger partial charge < -0.3 is 4.42 Å². The van der Waals surface area contributed by atoms with Crippen molar-refractivity contribution in [2.45, 2.75) is 20.3 Å². The van der Waals surface area contributed by atoms with Crippen molar-refractivity contribution in [3.05, 3.63) is 41.5 Å². The molecule has 16 heavy (non-hydrogen) atoms. The average molecular weight is 215 g/mol. The molecule has 3 nitrogen and oxygen atoms in total. The van der Waals surface area contributed by atoms with Crippen molar-refractivity contribution in [3.8, 4) is 11.3 Å². The Balaban J connectivity index is 2.45. The Kier molecular flexibility index (Phi) is 2.86. The number of aldehydes is 1. The molecule has 1 aromatic carbocycles. The standard InChI is InChI=1S/C13H13NO2/c1-3-12-13(14-9(2)16-12)11-6-4-10(8-15)5-7-11/h4-8H,3H2,1-2H3. The van der Waals surface area contributed by atoms with E-state index in [0.717, 1.165) is 29.7 Å². The third kappa shape index (κ3) is 1.89. The lowest BCUT2D eigenvalue weighted by atomic mass is 10.1. The molecule has 0 aliphatic carbocycles. The highest BCUT2D eigenvalue weighted by molar-refractivity contribution is 5.76. The summed E-state index contributed by atoms with van der Waals surface area (Å²) in [5.74, 6) is 1.56. The monoisotopic (exact) mass is 215 g/mol. The van der Waals surface area contributed by atoms with Crippen LogP contribution in [0.5, 0.6) is 0 Å². The predicted octanol–water partition coefficient (Wildman–Crippen LogP) is 3.02. The summed E-state index contributed by atoms with van der Waals surface area (Å²) < 4.78 is 5.49. The van der Waals surface area contributed by atoms with E-state index in [1.165, 1.54) is 0 Å². The van der Waals surface area contributed by atoms with E-state index in [0.29, 0.717) is 11.5 Å². The fourth-order valence-electron chi connectivity index (χ4n) is 1.65. The van der Waals surface area contributed by atoms with E-state index < -0.39 is 0 Å². The van der Waals surface area contributed by atoms with Crippen LogP contribution in [0.3, 0.4) is 0 Å². The van der Waals surface area contributed by atoms with E-state index in [1.807, 2.05) is 26.0 Å². The van der Waals surface area contributed by atoms with Crippen molar-refractivity contribution in [2.24, 2.45) is 0 Å². The predicted molar refractivity (Wildman–Crippen MR) is 61.4 cm³/mol. The van der Waals surface area contributed by atoms with Crippen LogP contribution in [-0.2, 0) is 6.42 Å². The first-order chi connectivity index (χ1) is 7.74. The summed E-state index contributed by atoms with van der Waals surface area (Å²) in [6, 6.07) is 7.35. The van der Waals surface area contributed by atoms with Crippen LogP contribution in [0.1, 0.15) is 28.9 Å². The molecule has 3 heteroatoms. The van der Waals surface area contributed by atoms with Crippen molar-refractivity contribution >= 4 is 6.29 Å². The maximum atomic E-state index is 10.5. The number of aryl methyl sites for hydroxylation is 2. The third-order valence-corrected chi connectivity index (χ3v) is 2.45. The number of rotatable bonds is 3. The maximum absolute atomic E-state index is 10.5. The lowest BCUT2D eigenvalue weighted by molar-refractivity contribution is 0.112. The zero-order valence-electron chi connectivity index (χ0n) is 9.36. The van der Waals surface area contributed by atoms with Gasteiger partial charge in [-0.2, -0.15) is 0 Å². The second kappa shape index (κ2) is 4.31. The van der Waals surface area contributed by atoms with E-state index in [9.17, 15) is 4.79 Å². The van der Waals surface area contributed by atoms with Gasteiger partial charge in [-0.3, -0.25) is 4.79 Å². The van der Waals surface area contributed by atoms with Crippen molar-refractivity contribution in [1.82, 2.24) is 4.98 Å². The SMILES string of the molecule is CCc1oc(C)nc1-c1ccc(C=O)cc1. The van der Waals surface area contributed by atoms with Crippen molar-refractivity contribution < 1.29 is 9.21 Å². The zero-order valence-corrected chi connectivity index (χ0v) is 9.36. The van der Waals surface area contributed by atoms with Gasteiger partial charge in [-0.05, 0) is 0 Å². The molecule has 0 saturated carbocycles. The first kappa shape index (κ1) is 10.6. The van der Waals surface area contributed by atoms with Crippen LogP contribution in [0.25, 0.3) is 11.3 Å². The van der Waals surface area contributed by atoms with Gasteiger partial charge in [-0.15, -0.1) is 0 Å². The fourth-order valence-corrected chi connectivity index (χ4v) is 1.65. The van der Waals surface area contributed by atoms with Crippen LogP contribution in [-0.4, -0.2) is 11.3 Å². The molecule has 0 unspecified atom stereocenters. The minimum absolute atomic E-state index is 0.669. The first-order valence-electron chi connectivity index (χ1n) is 5.26. The summed E-state index contributed by atoms with van der Waals surface area (Å²) in [7, 11) is 0. The normalized spacial score (nSPS) is 10.4. The average Bonchev–Trinajstić information content (AvgIpc) is 2.70. The Labute approximate surface area is 94.1 Å². The van der Waals surface area contributed by atoms with Gasteiger partial charge >= 0.3 is 0 Å². The topological polar surface area (TPSA) is 43.1 Å². The van der Waals surface area contributed by atoms with E-state index in [2.05, 4.69) is 4.98 Å². The molecule has 2 aromatic rings. The number of oxazole rings is 1. The van der Waals surface area contributed by atoms with E-state index in [-0.39, 0.29) is 0 Å². The summed E-state index contributed by atoms with van der Waals surface area (Å²) in [6.45, 7) is 3.87. The van der Waals surface area contributed by atoms with Crippen LogP contribution in [0.15, 0.2) is 28.7 Å². The van der Waals surface area contributed by atoms with Crippen LogP contribution in [0.2, 0.25) is 0 Å². The molecule has 82 valence electrons. The highest BCUT2D eigenvalue weighted by Gasteiger charge is 2.10. The summed E-state index contributed by atoms with van der Waals surface area (Å²) in [5.41, 5.74) is 2.53. The molecule has 0 bridgehead atoms. The first-order valence-corrected chi connectivity index (χ1v) is 5.26. The highest BCUT2D eigenvalue weighted by Crippen LogP contribution is 2.24. The Morgan fingerprint density at radius 2 is 2.00 bits per heavy atom. The largest absolute Gasteiger partial charge is 0.445 e. The van der Waals surface area contributed by atoms with Crippen LogP contribution in [0.4, 0.5) is 0 Å². The molecule has 0 radical (unpaired) electrons. The molecule has 1 aromatic heterocycles. The zero-order chi connectivity index (χ0) is 11.5. The second-order valence-electron chi connectivity index (χ2n) is 3.60. The van der Waals surface area contributed by atoms with Crippen molar-refractivity contribution in [2.75, 3.05) is 0 Å². The van der Waals surface area contributed by atoms with E-state index in [1.54, 1.807) is 12.1 Å². The molecular formula is C13H13NO2. The number of aromatic nitrogens is 1. The van der Waals surface area contributed by atoms with E-state index in [4.69, 9.17) is 4.42 Å². The highest BCUT2D eigenvalue weighted by atomic mass is 16.4.